The van der Waals surface area contributed by atoms with Crippen LogP contribution < -0.4 is 0 Å². The molecule has 2 amide bonds. The molecule has 0 saturated carbocycles. The van der Waals surface area contributed by atoms with E-state index >= 15 is 0 Å². The first-order chi connectivity index (χ1) is 21.1. The zero-order valence-corrected chi connectivity index (χ0v) is 25.8. The Kier molecular flexibility index (Phi) is 12.1. The van der Waals surface area contributed by atoms with E-state index in [0.717, 1.165) is 12.8 Å². The first kappa shape index (κ1) is 33.3. The lowest BCUT2D eigenvalue weighted by Crippen LogP contribution is -2.52. The number of carbonyl (C=O) groups is 2. The normalized spacial score (nSPS) is 19.7. The van der Waals surface area contributed by atoms with E-state index in [0.29, 0.717) is 61.0 Å². The van der Waals surface area contributed by atoms with Gasteiger partial charge in [-0.1, -0.05) is 0 Å². The number of aliphatic hydroxyl groups is 1. The van der Waals surface area contributed by atoms with Crippen molar-refractivity contribution in [3.63, 3.8) is 0 Å². The summed E-state index contributed by atoms with van der Waals surface area (Å²) in [5.74, 6) is 0.690. The number of aliphatic hydroxyl groups excluding tert-OH is 1. The molecule has 2 fully saturated rings. The third kappa shape index (κ3) is 9.47. The Morgan fingerprint density at radius 1 is 0.886 bits per heavy atom. The van der Waals surface area contributed by atoms with Crippen molar-refractivity contribution in [2.75, 3.05) is 25.4 Å². The first-order valence-electron chi connectivity index (χ1n) is 14.4. The highest BCUT2D eigenvalue weighted by Gasteiger charge is 2.36. The van der Waals surface area contributed by atoms with E-state index in [9.17, 15) is 34.9 Å². The Morgan fingerprint density at radius 3 is 1.93 bits per heavy atom. The zero-order valence-electron chi connectivity index (χ0n) is 24.1. The number of carbonyl (C=O) groups excluding carboxylic acids is 2. The molecule has 15 heteroatoms. The number of hydrogen-bond acceptors (Lipinski definition) is 11. The van der Waals surface area contributed by atoms with E-state index in [1.54, 1.807) is 45.8 Å². The van der Waals surface area contributed by atoms with E-state index in [2.05, 4.69) is 12.6 Å². The molecule has 2 aliphatic rings. The summed E-state index contributed by atoms with van der Waals surface area (Å²) in [4.78, 5) is 49.3. The summed E-state index contributed by atoms with van der Waals surface area (Å²) in [5.41, 5.74) is 1.24. The fourth-order valence-corrected chi connectivity index (χ4v) is 6.80. The van der Waals surface area contributed by atoms with Gasteiger partial charge in [0, 0.05) is 54.4 Å². The summed E-state index contributed by atoms with van der Waals surface area (Å²) < 4.78 is 10.9. The monoisotopic (exact) mass is 648 g/mol. The van der Waals surface area contributed by atoms with Gasteiger partial charge in [0.05, 0.1) is 22.0 Å². The molecular weight excluding hydrogens is 612 g/mol. The second-order valence-corrected chi connectivity index (χ2v) is 12.9. The van der Waals surface area contributed by atoms with Crippen LogP contribution in [0.4, 0.5) is 21.0 Å². The number of thiol groups is 1. The number of piperidine rings is 2. The van der Waals surface area contributed by atoms with Crippen LogP contribution in [0.2, 0.25) is 0 Å². The lowest BCUT2D eigenvalue weighted by atomic mass is 9.96. The van der Waals surface area contributed by atoms with Crippen LogP contribution in [-0.2, 0) is 22.7 Å². The molecule has 3 atom stereocenters. The van der Waals surface area contributed by atoms with Crippen molar-refractivity contribution in [3.8, 4) is 0 Å². The third-order valence-electron chi connectivity index (χ3n) is 7.78. The predicted octanol–water partition coefficient (Wildman–Crippen LogP) is 5.19. The standard InChI is InChI=1S/C29H36N4O9S2/c34-27(26-17-24(43)9-15-31(26)29(36)42-19-21-3-7-23(8-4-21)33(39)40)12-16-44-25-10-13-30(14-11-25)28(35)41-18-20-1-5-22(6-2-20)32(37)38/h1-8,24-27,34,43H,9-19H2/t24-,26-,27+/m0/s1. The second kappa shape index (κ2) is 16.0. The van der Waals surface area contributed by atoms with Gasteiger partial charge in [0.25, 0.3) is 11.4 Å². The number of non-ortho nitro benzene ring substituents is 2. The minimum absolute atomic E-state index is 0.0199. The number of nitro groups is 2. The number of hydrogen-bond donors (Lipinski definition) is 2. The molecule has 0 spiro atoms. The van der Waals surface area contributed by atoms with E-state index in [1.165, 1.54) is 24.3 Å². The number of rotatable bonds is 11. The van der Waals surface area contributed by atoms with Crippen molar-refractivity contribution in [1.29, 1.82) is 0 Å². The van der Waals surface area contributed by atoms with Gasteiger partial charge in [0.15, 0.2) is 0 Å². The largest absolute Gasteiger partial charge is 0.445 e. The summed E-state index contributed by atoms with van der Waals surface area (Å²) in [6.45, 7) is 1.54. The Labute approximate surface area is 264 Å². The molecule has 0 radical (unpaired) electrons. The van der Waals surface area contributed by atoms with Crippen molar-refractivity contribution in [2.45, 2.75) is 68.0 Å². The van der Waals surface area contributed by atoms with Gasteiger partial charge in [0.2, 0.25) is 0 Å². The van der Waals surface area contributed by atoms with Crippen LogP contribution in [0.1, 0.15) is 43.2 Å². The SMILES string of the molecule is O=C(OCc1ccc([N+](=O)[O-])cc1)N1CCC(SCC[C@@H](O)[C@@H]2C[C@@H](S)CCN2C(=O)OCc2ccc([N+](=O)[O-])cc2)CC1. The van der Waals surface area contributed by atoms with Crippen LogP contribution in [0.15, 0.2) is 48.5 Å². The molecule has 2 aromatic carbocycles. The van der Waals surface area contributed by atoms with Gasteiger partial charge in [-0.05, 0) is 73.2 Å². The number of thioether (sulfide) groups is 1. The Balaban J connectivity index is 1.17. The molecule has 0 unspecified atom stereocenters. The van der Waals surface area contributed by atoms with Crippen LogP contribution in [0, 0.1) is 20.2 Å². The Morgan fingerprint density at radius 2 is 1.41 bits per heavy atom. The molecule has 0 aromatic heterocycles. The topological polar surface area (TPSA) is 166 Å². The maximum absolute atomic E-state index is 12.9. The van der Waals surface area contributed by atoms with Gasteiger partial charge >= 0.3 is 12.2 Å². The first-order valence-corrected chi connectivity index (χ1v) is 16.0. The maximum Gasteiger partial charge on any atom is 0.410 e. The minimum atomic E-state index is -0.751. The smallest absolute Gasteiger partial charge is 0.410 e. The molecule has 2 heterocycles. The lowest BCUT2D eigenvalue weighted by Gasteiger charge is -2.40. The van der Waals surface area contributed by atoms with Crippen LogP contribution in [0.25, 0.3) is 0 Å². The summed E-state index contributed by atoms with van der Waals surface area (Å²) in [6.07, 6.45) is 1.59. The average Bonchev–Trinajstić information content (AvgIpc) is 3.03. The third-order valence-corrected chi connectivity index (χ3v) is 9.67. The Bertz CT molecular complexity index is 1290. The van der Waals surface area contributed by atoms with Crippen molar-refractivity contribution in [3.05, 3.63) is 79.9 Å². The summed E-state index contributed by atoms with van der Waals surface area (Å²) in [6, 6.07) is 11.3. The van der Waals surface area contributed by atoms with E-state index in [1.807, 2.05) is 0 Å². The van der Waals surface area contributed by atoms with Gasteiger partial charge in [-0.3, -0.25) is 20.2 Å². The van der Waals surface area contributed by atoms with Gasteiger partial charge in [-0.2, -0.15) is 24.4 Å². The quantitative estimate of drug-likeness (QED) is 0.188. The van der Waals surface area contributed by atoms with Crippen molar-refractivity contribution in [1.82, 2.24) is 9.80 Å². The lowest BCUT2D eigenvalue weighted by molar-refractivity contribution is -0.385. The van der Waals surface area contributed by atoms with Gasteiger partial charge in [-0.25, -0.2) is 9.59 Å². The van der Waals surface area contributed by atoms with E-state index in [4.69, 9.17) is 9.47 Å². The molecule has 1 N–H and O–H groups in total. The van der Waals surface area contributed by atoms with Gasteiger partial charge < -0.3 is 24.4 Å². The molecule has 238 valence electrons. The molecule has 2 aliphatic heterocycles. The molecular formula is C29H36N4O9S2. The number of amides is 2. The average molecular weight is 649 g/mol. The molecule has 4 rings (SSSR count). The zero-order chi connectivity index (χ0) is 31.6. The maximum atomic E-state index is 12.9. The molecule has 0 bridgehead atoms. The fraction of sp³-hybridized carbons (Fsp3) is 0.517. The van der Waals surface area contributed by atoms with Crippen LogP contribution in [0.3, 0.4) is 0 Å². The Hall–Kier alpha value is -3.56. The van der Waals surface area contributed by atoms with Gasteiger partial charge in [0.1, 0.15) is 13.2 Å². The molecule has 44 heavy (non-hydrogen) atoms. The van der Waals surface area contributed by atoms with Crippen molar-refractivity contribution >= 4 is 48.0 Å². The highest BCUT2D eigenvalue weighted by molar-refractivity contribution is 7.99. The summed E-state index contributed by atoms with van der Waals surface area (Å²) in [5, 5.41) is 33.1. The van der Waals surface area contributed by atoms with E-state index in [-0.39, 0.29) is 29.8 Å². The van der Waals surface area contributed by atoms with Gasteiger partial charge in [-0.15, -0.1) is 0 Å². The molecule has 0 aliphatic carbocycles. The predicted molar refractivity (Wildman–Crippen MR) is 167 cm³/mol. The van der Waals surface area contributed by atoms with Crippen molar-refractivity contribution in [2.24, 2.45) is 0 Å². The molecule has 13 nitrogen and oxygen atoms in total. The summed E-state index contributed by atoms with van der Waals surface area (Å²) in [7, 11) is 0. The second-order valence-electron chi connectivity index (χ2n) is 10.8. The van der Waals surface area contributed by atoms with Crippen molar-refractivity contribution < 1.29 is 34.0 Å². The van der Waals surface area contributed by atoms with E-state index < -0.39 is 34.2 Å². The molecule has 2 aromatic rings. The number of likely N-dealkylation sites (tertiary alicyclic amines) is 2. The highest BCUT2D eigenvalue weighted by atomic mass is 32.2. The number of ether oxygens (including phenoxy) is 2. The minimum Gasteiger partial charge on any atom is -0.445 e. The number of nitro benzene ring substituents is 2. The van der Waals surface area contributed by atoms with Crippen LogP contribution >= 0.6 is 24.4 Å². The highest BCUT2D eigenvalue weighted by Crippen LogP contribution is 2.29. The number of benzene rings is 2. The number of nitrogens with zero attached hydrogens (tertiary/aromatic N) is 4. The fourth-order valence-electron chi connectivity index (χ4n) is 5.21. The molecule has 2 saturated heterocycles. The van der Waals surface area contributed by atoms with Crippen LogP contribution in [-0.4, -0.2) is 85.0 Å². The van der Waals surface area contributed by atoms with Crippen LogP contribution in [0.5, 0.6) is 0 Å². The summed E-state index contributed by atoms with van der Waals surface area (Å²) >= 11 is 6.33.